The van der Waals surface area contributed by atoms with Crippen LogP contribution in [0.25, 0.3) is 0 Å². The van der Waals surface area contributed by atoms with Crippen molar-refractivity contribution >= 4 is 11.8 Å². The molecule has 0 radical (unpaired) electrons. The van der Waals surface area contributed by atoms with Crippen LogP contribution in [0.3, 0.4) is 0 Å². The molecular formula is C19H27FN2O2. The number of hydrogen-bond donors (Lipinski definition) is 1. The fraction of sp³-hybridized carbons (Fsp3) is 0.579. The largest absolute Gasteiger partial charge is 0.356 e. The van der Waals surface area contributed by atoms with Crippen LogP contribution in [0.2, 0.25) is 0 Å². The van der Waals surface area contributed by atoms with Crippen molar-refractivity contribution in [3.05, 3.63) is 35.6 Å². The zero-order valence-electron chi connectivity index (χ0n) is 14.6. The van der Waals surface area contributed by atoms with Crippen LogP contribution < -0.4 is 5.32 Å². The van der Waals surface area contributed by atoms with Gasteiger partial charge >= 0.3 is 0 Å². The molecular weight excluding hydrogens is 307 g/mol. The standard InChI is InChI=1S/C19H27FN2O2/c1-14(2)13-18(23)22-11-8-16(9-12-22)19(24)21-10-7-15-5-3-4-6-17(15)20/h3-6,14,16H,7-13H2,1-2H3,(H,21,24). The van der Waals surface area contributed by atoms with Crippen LogP contribution in [-0.4, -0.2) is 36.3 Å². The van der Waals surface area contributed by atoms with Crippen LogP contribution in [-0.2, 0) is 16.0 Å². The van der Waals surface area contributed by atoms with Crippen LogP contribution in [0.1, 0.15) is 38.7 Å². The lowest BCUT2D eigenvalue weighted by atomic mass is 9.95. The maximum absolute atomic E-state index is 13.5. The summed E-state index contributed by atoms with van der Waals surface area (Å²) in [4.78, 5) is 26.1. The Bertz CT molecular complexity index is 566. The molecule has 0 atom stereocenters. The van der Waals surface area contributed by atoms with Gasteiger partial charge in [-0.1, -0.05) is 32.0 Å². The maximum Gasteiger partial charge on any atom is 0.223 e. The van der Waals surface area contributed by atoms with Crippen molar-refractivity contribution in [1.29, 1.82) is 0 Å². The van der Waals surface area contributed by atoms with Gasteiger partial charge in [0.25, 0.3) is 0 Å². The summed E-state index contributed by atoms with van der Waals surface area (Å²) in [7, 11) is 0. The topological polar surface area (TPSA) is 49.4 Å². The number of benzene rings is 1. The first-order valence-electron chi connectivity index (χ1n) is 8.76. The van der Waals surface area contributed by atoms with Crippen LogP contribution >= 0.6 is 0 Å². The highest BCUT2D eigenvalue weighted by Gasteiger charge is 2.27. The van der Waals surface area contributed by atoms with Gasteiger partial charge in [-0.05, 0) is 36.8 Å². The molecule has 0 aliphatic carbocycles. The number of halogens is 1. The number of hydrogen-bond acceptors (Lipinski definition) is 2. The van der Waals surface area contributed by atoms with E-state index in [2.05, 4.69) is 5.32 Å². The first-order chi connectivity index (χ1) is 11.5. The minimum atomic E-state index is -0.233. The molecule has 2 amide bonds. The predicted octanol–water partition coefficient (Wildman–Crippen LogP) is 2.77. The average molecular weight is 334 g/mol. The Morgan fingerprint density at radius 2 is 1.92 bits per heavy atom. The quantitative estimate of drug-likeness (QED) is 0.870. The van der Waals surface area contributed by atoms with E-state index >= 15 is 0 Å². The molecule has 1 aliphatic heterocycles. The number of carbonyl (C=O) groups is 2. The number of carbonyl (C=O) groups excluding carboxylic acids is 2. The lowest BCUT2D eigenvalue weighted by Gasteiger charge is -2.31. The highest BCUT2D eigenvalue weighted by Crippen LogP contribution is 2.19. The third-order valence-electron chi connectivity index (χ3n) is 4.45. The van der Waals surface area contributed by atoms with E-state index in [1.165, 1.54) is 6.07 Å². The molecule has 24 heavy (non-hydrogen) atoms. The Morgan fingerprint density at radius 1 is 1.25 bits per heavy atom. The molecule has 1 aromatic rings. The molecule has 1 fully saturated rings. The van der Waals surface area contributed by atoms with Crippen molar-refractivity contribution in [2.75, 3.05) is 19.6 Å². The lowest BCUT2D eigenvalue weighted by molar-refractivity contribution is -0.136. The second-order valence-corrected chi connectivity index (χ2v) is 6.89. The third-order valence-corrected chi connectivity index (χ3v) is 4.45. The zero-order chi connectivity index (χ0) is 17.5. The van der Waals surface area contributed by atoms with Gasteiger partial charge in [-0.3, -0.25) is 9.59 Å². The van der Waals surface area contributed by atoms with Crippen molar-refractivity contribution in [2.24, 2.45) is 11.8 Å². The van der Waals surface area contributed by atoms with Crippen molar-refractivity contribution < 1.29 is 14.0 Å². The SMILES string of the molecule is CC(C)CC(=O)N1CCC(C(=O)NCCc2ccccc2F)CC1. The predicted molar refractivity (Wildman–Crippen MR) is 91.9 cm³/mol. The van der Waals surface area contributed by atoms with Gasteiger partial charge in [-0.15, -0.1) is 0 Å². The first kappa shape index (κ1) is 18.4. The molecule has 1 heterocycles. The highest BCUT2D eigenvalue weighted by molar-refractivity contribution is 5.80. The van der Waals surface area contributed by atoms with E-state index in [4.69, 9.17) is 0 Å². The molecule has 1 N–H and O–H groups in total. The van der Waals surface area contributed by atoms with E-state index in [1.54, 1.807) is 18.2 Å². The average Bonchev–Trinajstić information content (AvgIpc) is 2.56. The van der Waals surface area contributed by atoms with Gasteiger partial charge in [-0.25, -0.2) is 4.39 Å². The summed E-state index contributed by atoms with van der Waals surface area (Å²) in [5.41, 5.74) is 0.618. The molecule has 0 saturated carbocycles. The molecule has 0 spiro atoms. The Kier molecular flexibility index (Phi) is 6.76. The summed E-state index contributed by atoms with van der Waals surface area (Å²) in [5.74, 6) is 0.278. The summed E-state index contributed by atoms with van der Waals surface area (Å²) in [6.07, 6.45) is 2.47. The van der Waals surface area contributed by atoms with E-state index in [1.807, 2.05) is 18.7 Å². The zero-order valence-corrected chi connectivity index (χ0v) is 14.6. The normalized spacial score (nSPS) is 15.6. The summed E-state index contributed by atoms with van der Waals surface area (Å²) in [5, 5.41) is 2.90. The Hall–Kier alpha value is -1.91. The lowest BCUT2D eigenvalue weighted by Crippen LogP contribution is -2.43. The maximum atomic E-state index is 13.5. The second kappa shape index (κ2) is 8.81. The molecule has 4 nitrogen and oxygen atoms in total. The highest BCUT2D eigenvalue weighted by atomic mass is 19.1. The number of piperidine rings is 1. The summed E-state index contributed by atoms with van der Waals surface area (Å²) >= 11 is 0. The van der Waals surface area contributed by atoms with Gasteiger partial charge in [0.1, 0.15) is 5.82 Å². The van der Waals surface area contributed by atoms with Crippen LogP contribution in [0.4, 0.5) is 4.39 Å². The van der Waals surface area contributed by atoms with Gasteiger partial charge in [0.2, 0.25) is 11.8 Å². The smallest absolute Gasteiger partial charge is 0.223 e. The Balaban J connectivity index is 1.71. The van der Waals surface area contributed by atoms with E-state index < -0.39 is 0 Å². The molecule has 5 heteroatoms. The van der Waals surface area contributed by atoms with Gasteiger partial charge in [0.15, 0.2) is 0 Å². The van der Waals surface area contributed by atoms with Crippen LogP contribution in [0, 0.1) is 17.7 Å². The van der Waals surface area contributed by atoms with E-state index in [9.17, 15) is 14.0 Å². The van der Waals surface area contributed by atoms with E-state index in [0.29, 0.717) is 56.8 Å². The molecule has 0 unspecified atom stereocenters. The Labute approximate surface area is 143 Å². The number of likely N-dealkylation sites (tertiary alicyclic amines) is 1. The van der Waals surface area contributed by atoms with Gasteiger partial charge in [0, 0.05) is 32.0 Å². The van der Waals surface area contributed by atoms with E-state index in [-0.39, 0.29) is 23.5 Å². The van der Waals surface area contributed by atoms with Crippen LogP contribution in [0.5, 0.6) is 0 Å². The summed E-state index contributed by atoms with van der Waals surface area (Å²) in [6, 6.07) is 6.62. The molecule has 1 aliphatic rings. The molecule has 0 aromatic heterocycles. The number of rotatable bonds is 6. The second-order valence-electron chi connectivity index (χ2n) is 6.89. The summed E-state index contributed by atoms with van der Waals surface area (Å²) in [6.45, 7) is 5.81. The van der Waals surface area contributed by atoms with Crippen molar-refractivity contribution in [3.8, 4) is 0 Å². The monoisotopic (exact) mass is 334 g/mol. The van der Waals surface area contributed by atoms with Crippen molar-refractivity contribution in [2.45, 2.75) is 39.5 Å². The molecule has 0 bridgehead atoms. The van der Waals surface area contributed by atoms with Crippen LogP contribution in [0.15, 0.2) is 24.3 Å². The molecule has 132 valence electrons. The molecule has 1 saturated heterocycles. The first-order valence-corrected chi connectivity index (χ1v) is 8.76. The third kappa shape index (κ3) is 5.32. The minimum Gasteiger partial charge on any atom is -0.356 e. The number of nitrogens with one attached hydrogen (secondary N) is 1. The summed E-state index contributed by atoms with van der Waals surface area (Å²) < 4.78 is 13.5. The van der Waals surface area contributed by atoms with Gasteiger partial charge in [-0.2, -0.15) is 0 Å². The fourth-order valence-electron chi connectivity index (χ4n) is 3.04. The van der Waals surface area contributed by atoms with E-state index in [0.717, 1.165) is 0 Å². The van der Waals surface area contributed by atoms with Crippen molar-refractivity contribution in [1.82, 2.24) is 10.2 Å². The van der Waals surface area contributed by atoms with Gasteiger partial charge in [0.05, 0.1) is 0 Å². The minimum absolute atomic E-state index is 0.0160. The molecule has 2 rings (SSSR count). The number of nitrogens with zero attached hydrogens (tertiary/aromatic N) is 1. The molecule has 1 aromatic carbocycles. The number of amides is 2. The van der Waals surface area contributed by atoms with Gasteiger partial charge < -0.3 is 10.2 Å². The fourth-order valence-corrected chi connectivity index (χ4v) is 3.04. The van der Waals surface area contributed by atoms with Crippen molar-refractivity contribution in [3.63, 3.8) is 0 Å². The Morgan fingerprint density at radius 3 is 2.54 bits per heavy atom.